The molecule has 0 radical (unpaired) electrons. The Morgan fingerprint density at radius 2 is 0.800 bits per heavy atom. The minimum Gasteiger partial charge on any atom is -0.222 e. The summed E-state index contributed by atoms with van der Waals surface area (Å²) in [4.78, 5) is 16.8. The van der Waals surface area contributed by atoms with Gasteiger partial charge in [0.05, 0.1) is 9.75 Å². The van der Waals surface area contributed by atoms with Crippen molar-refractivity contribution in [3.63, 3.8) is 0 Å². The third kappa shape index (κ3) is 3.32. The number of thiazole rings is 2. The van der Waals surface area contributed by atoms with Crippen LogP contribution in [0.15, 0.2) is 84.9 Å². The first-order valence-electron chi connectivity index (χ1n) is 9.42. The highest BCUT2D eigenvalue weighted by atomic mass is 32.1. The van der Waals surface area contributed by atoms with Gasteiger partial charge < -0.3 is 0 Å². The molecule has 0 bridgehead atoms. The van der Waals surface area contributed by atoms with Crippen molar-refractivity contribution in [3.8, 4) is 40.7 Å². The van der Waals surface area contributed by atoms with Crippen molar-refractivity contribution in [2.75, 3.05) is 0 Å². The Balaban J connectivity index is 1.30. The summed E-state index contributed by atoms with van der Waals surface area (Å²) < 4.78 is 0. The molecule has 0 fully saturated rings. The monoisotopic (exact) mass is 458 g/mol. The van der Waals surface area contributed by atoms with Gasteiger partial charge in [0.1, 0.15) is 10.0 Å². The molecule has 4 heterocycles. The molecular weight excluding hydrogens is 445 g/mol. The van der Waals surface area contributed by atoms with E-state index >= 15 is 0 Å². The van der Waals surface area contributed by atoms with E-state index in [4.69, 9.17) is 9.97 Å². The third-order valence-electron chi connectivity index (χ3n) is 4.73. The van der Waals surface area contributed by atoms with Crippen LogP contribution >= 0.6 is 45.3 Å². The van der Waals surface area contributed by atoms with E-state index in [1.807, 2.05) is 12.1 Å². The highest BCUT2D eigenvalue weighted by Crippen LogP contribution is 2.42. The average molecular weight is 459 g/mol. The maximum absolute atomic E-state index is 4.89. The molecule has 0 aliphatic rings. The van der Waals surface area contributed by atoms with Gasteiger partial charge in [0.2, 0.25) is 0 Å². The van der Waals surface area contributed by atoms with Gasteiger partial charge in [-0.05, 0) is 35.4 Å². The highest BCUT2D eigenvalue weighted by molar-refractivity contribution is 7.32. The van der Waals surface area contributed by atoms with Gasteiger partial charge >= 0.3 is 0 Å². The summed E-state index contributed by atoms with van der Waals surface area (Å²) in [7, 11) is 0. The van der Waals surface area contributed by atoms with Gasteiger partial charge in [-0.25, -0.2) is 9.97 Å². The van der Waals surface area contributed by atoms with Crippen LogP contribution in [0.1, 0.15) is 0 Å². The Bertz CT molecular complexity index is 1300. The standard InChI is InChI=1S/C24H14N2S4/c1-3-7-15(8-4-1)17-11-13-19(27-17)21-25-23-24(29-21)26-22(30-23)20-14-12-18(28-20)16-9-5-2-6-10-16/h1-14H. The molecule has 0 spiro atoms. The van der Waals surface area contributed by atoms with Crippen LogP contribution in [0, 0.1) is 0 Å². The van der Waals surface area contributed by atoms with Crippen LogP contribution in [-0.2, 0) is 0 Å². The lowest BCUT2D eigenvalue weighted by Crippen LogP contribution is -1.69. The van der Waals surface area contributed by atoms with Crippen LogP contribution in [0.4, 0.5) is 0 Å². The molecule has 6 rings (SSSR count). The van der Waals surface area contributed by atoms with E-state index in [0.29, 0.717) is 0 Å². The van der Waals surface area contributed by atoms with E-state index in [-0.39, 0.29) is 0 Å². The van der Waals surface area contributed by atoms with Crippen LogP contribution in [-0.4, -0.2) is 9.97 Å². The lowest BCUT2D eigenvalue weighted by molar-refractivity contribution is 1.51. The van der Waals surface area contributed by atoms with Gasteiger partial charge in [-0.15, -0.1) is 22.7 Å². The zero-order valence-electron chi connectivity index (χ0n) is 15.6. The van der Waals surface area contributed by atoms with Crippen molar-refractivity contribution >= 4 is 55.0 Å². The van der Waals surface area contributed by atoms with Gasteiger partial charge in [-0.3, -0.25) is 0 Å². The van der Waals surface area contributed by atoms with E-state index in [1.165, 1.54) is 30.6 Å². The molecular formula is C24H14N2S4. The van der Waals surface area contributed by atoms with E-state index in [1.54, 1.807) is 45.3 Å². The smallest absolute Gasteiger partial charge is 0.155 e. The predicted molar refractivity (Wildman–Crippen MR) is 133 cm³/mol. The number of aromatic nitrogens is 2. The van der Waals surface area contributed by atoms with Gasteiger partial charge in [0.15, 0.2) is 9.66 Å². The van der Waals surface area contributed by atoms with Crippen molar-refractivity contribution in [1.82, 2.24) is 9.97 Å². The Morgan fingerprint density at radius 3 is 1.23 bits per heavy atom. The largest absolute Gasteiger partial charge is 0.222 e. The fourth-order valence-corrected chi connectivity index (χ4v) is 7.45. The Kier molecular flexibility index (Phi) is 4.57. The zero-order valence-corrected chi connectivity index (χ0v) is 18.9. The number of fused-ring (bicyclic) bond motifs is 1. The van der Waals surface area contributed by atoms with Crippen molar-refractivity contribution in [2.24, 2.45) is 0 Å². The number of nitrogens with zero attached hydrogens (tertiary/aromatic N) is 2. The normalized spacial score (nSPS) is 11.3. The molecule has 0 amide bonds. The Hall–Kier alpha value is -2.64. The van der Waals surface area contributed by atoms with Gasteiger partial charge in [0.25, 0.3) is 0 Å². The predicted octanol–water partition coefficient (Wildman–Crippen LogP) is 8.54. The molecule has 2 aromatic carbocycles. The fourth-order valence-electron chi connectivity index (χ4n) is 3.27. The molecule has 4 aromatic heterocycles. The van der Waals surface area contributed by atoms with E-state index < -0.39 is 0 Å². The molecule has 0 aliphatic heterocycles. The Morgan fingerprint density at radius 1 is 0.400 bits per heavy atom. The summed E-state index contributed by atoms with van der Waals surface area (Å²) in [6.45, 7) is 0. The topological polar surface area (TPSA) is 25.8 Å². The maximum Gasteiger partial charge on any atom is 0.155 e. The second kappa shape index (κ2) is 7.56. The lowest BCUT2D eigenvalue weighted by Gasteiger charge is -1.95. The summed E-state index contributed by atoms with van der Waals surface area (Å²) in [5.74, 6) is 0. The van der Waals surface area contributed by atoms with Crippen molar-refractivity contribution in [2.45, 2.75) is 0 Å². The Labute approximate surface area is 189 Å². The van der Waals surface area contributed by atoms with E-state index in [2.05, 4.69) is 72.8 Å². The highest BCUT2D eigenvalue weighted by Gasteiger charge is 2.16. The molecule has 30 heavy (non-hydrogen) atoms. The molecule has 0 aliphatic carbocycles. The molecule has 6 heteroatoms. The van der Waals surface area contributed by atoms with E-state index in [9.17, 15) is 0 Å². The minimum atomic E-state index is 1.02. The van der Waals surface area contributed by atoms with Crippen molar-refractivity contribution in [1.29, 1.82) is 0 Å². The van der Waals surface area contributed by atoms with Gasteiger partial charge in [-0.2, -0.15) is 0 Å². The molecule has 0 atom stereocenters. The van der Waals surface area contributed by atoms with Crippen molar-refractivity contribution in [3.05, 3.63) is 84.9 Å². The number of hydrogen-bond acceptors (Lipinski definition) is 6. The van der Waals surface area contributed by atoms with Crippen LogP contribution in [0.2, 0.25) is 0 Å². The number of benzene rings is 2. The molecule has 6 aromatic rings. The summed E-state index contributed by atoms with van der Waals surface area (Å²) in [5.41, 5.74) is 2.50. The second-order valence-corrected chi connectivity index (χ2v) is 10.8. The van der Waals surface area contributed by atoms with Gasteiger partial charge in [-0.1, -0.05) is 83.3 Å². The summed E-state index contributed by atoms with van der Waals surface area (Å²) in [6, 6.07) is 29.7. The minimum absolute atomic E-state index is 1.02. The molecule has 0 unspecified atom stereocenters. The summed E-state index contributed by atoms with van der Waals surface area (Å²) in [6.07, 6.45) is 0. The number of thiophene rings is 2. The van der Waals surface area contributed by atoms with Crippen LogP contribution < -0.4 is 0 Å². The second-order valence-electron chi connectivity index (χ2n) is 6.71. The first-order valence-corrected chi connectivity index (χ1v) is 12.7. The lowest BCUT2D eigenvalue weighted by atomic mass is 10.2. The first kappa shape index (κ1) is 18.2. The third-order valence-corrected chi connectivity index (χ3v) is 9.36. The molecule has 2 nitrogen and oxygen atoms in total. The van der Waals surface area contributed by atoms with Crippen molar-refractivity contribution < 1.29 is 0 Å². The summed E-state index contributed by atoms with van der Waals surface area (Å²) in [5, 5.41) is 2.11. The number of rotatable bonds is 4. The van der Waals surface area contributed by atoms with Gasteiger partial charge in [0, 0.05) is 9.75 Å². The first-order chi connectivity index (χ1) is 14.8. The van der Waals surface area contributed by atoms with Crippen LogP contribution in [0.5, 0.6) is 0 Å². The quantitative estimate of drug-likeness (QED) is 0.264. The SMILES string of the molecule is c1ccc(-c2ccc(-c3nc4sc(-c5ccc(-c6ccccc6)s5)nc4s3)s2)cc1. The molecule has 0 saturated carbocycles. The molecule has 0 N–H and O–H groups in total. The van der Waals surface area contributed by atoms with Crippen LogP contribution in [0.25, 0.3) is 50.3 Å². The maximum atomic E-state index is 4.89. The average Bonchev–Trinajstić information content (AvgIpc) is 3.57. The summed E-state index contributed by atoms with van der Waals surface area (Å²) >= 11 is 6.93. The van der Waals surface area contributed by atoms with Crippen LogP contribution in [0.3, 0.4) is 0 Å². The molecule has 0 saturated heterocycles. The fraction of sp³-hybridized carbons (Fsp3) is 0. The molecule has 144 valence electrons. The number of hydrogen-bond donors (Lipinski definition) is 0. The van der Waals surface area contributed by atoms with E-state index in [0.717, 1.165) is 19.7 Å². The zero-order chi connectivity index (χ0) is 19.9.